The fourth-order valence-electron chi connectivity index (χ4n) is 3.86. The lowest BCUT2D eigenvalue weighted by atomic mass is 9.83. The number of aliphatic imine (C=N–C) groups is 1. The van der Waals surface area contributed by atoms with Crippen LogP contribution in [0.1, 0.15) is 55.6 Å². The quantitative estimate of drug-likeness (QED) is 0.629. The molecule has 0 aromatic heterocycles. The van der Waals surface area contributed by atoms with Crippen LogP contribution in [0.3, 0.4) is 0 Å². The minimum absolute atomic E-state index is 0.436. The van der Waals surface area contributed by atoms with Gasteiger partial charge < -0.3 is 9.47 Å². The van der Waals surface area contributed by atoms with Crippen LogP contribution in [0.5, 0.6) is 5.75 Å². The second-order valence-electron chi connectivity index (χ2n) is 6.29. The summed E-state index contributed by atoms with van der Waals surface area (Å²) in [7, 11) is 1.68. The van der Waals surface area contributed by atoms with Gasteiger partial charge in [0.25, 0.3) is 0 Å². The van der Waals surface area contributed by atoms with Crippen LogP contribution in [-0.2, 0) is 15.1 Å². The Labute approximate surface area is 131 Å². The third-order valence-corrected chi connectivity index (χ3v) is 5.11. The van der Waals surface area contributed by atoms with Crippen LogP contribution in [0.2, 0.25) is 0 Å². The van der Waals surface area contributed by atoms with Crippen LogP contribution in [0.25, 0.3) is 0 Å². The SMILES string of the molecule is COc1ccc(C2CCOCC2)cc1C1(N=C=O)CCCC1. The summed E-state index contributed by atoms with van der Waals surface area (Å²) in [6.07, 6.45) is 7.88. The summed E-state index contributed by atoms with van der Waals surface area (Å²) < 4.78 is 11.0. The Kier molecular flexibility index (Phi) is 4.60. The maximum absolute atomic E-state index is 11.0. The van der Waals surface area contributed by atoms with Gasteiger partial charge in [-0.3, -0.25) is 0 Å². The Morgan fingerprint density at radius 1 is 1.27 bits per heavy atom. The Morgan fingerprint density at radius 2 is 2.00 bits per heavy atom. The Morgan fingerprint density at radius 3 is 2.64 bits per heavy atom. The highest BCUT2D eigenvalue weighted by Crippen LogP contribution is 2.46. The summed E-state index contributed by atoms with van der Waals surface area (Å²) in [6.45, 7) is 1.65. The van der Waals surface area contributed by atoms with Crippen molar-refractivity contribution in [2.75, 3.05) is 20.3 Å². The number of ether oxygens (including phenoxy) is 2. The zero-order chi connectivity index (χ0) is 15.4. The summed E-state index contributed by atoms with van der Waals surface area (Å²) in [5, 5.41) is 0. The van der Waals surface area contributed by atoms with Gasteiger partial charge in [-0.25, -0.2) is 4.79 Å². The Balaban J connectivity index is 2.02. The van der Waals surface area contributed by atoms with Crippen molar-refractivity contribution in [2.45, 2.75) is 50.0 Å². The molecule has 1 heterocycles. The van der Waals surface area contributed by atoms with E-state index in [2.05, 4.69) is 17.1 Å². The topological polar surface area (TPSA) is 47.9 Å². The fraction of sp³-hybridized carbons (Fsp3) is 0.611. The first kappa shape index (κ1) is 15.3. The number of methoxy groups -OCH3 is 1. The van der Waals surface area contributed by atoms with Crippen molar-refractivity contribution in [2.24, 2.45) is 4.99 Å². The molecule has 0 N–H and O–H groups in total. The van der Waals surface area contributed by atoms with Crippen LogP contribution in [-0.4, -0.2) is 26.4 Å². The van der Waals surface area contributed by atoms with Crippen LogP contribution in [0.4, 0.5) is 0 Å². The maximum Gasteiger partial charge on any atom is 0.235 e. The Bertz CT molecular complexity index is 566. The number of isocyanates is 1. The average molecular weight is 301 g/mol. The van der Waals surface area contributed by atoms with Crippen molar-refractivity contribution in [1.29, 1.82) is 0 Å². The molecule has 1 aliphatic heterocycles. The van der Waals surface area contributed by atoms with Crippen LogP contribution >= 0.6 is 0 Å². The molecule has 4 nitrogen and oxygen atoms in total. The number of carbonyl (C=O) groups excluding carboxylic acids is 1. The number of nitrogens with zero attached hydrogens (tertiary/aromatic N) is 1. The van der Waals surface area contributed by atoms with Gasteiger partial charge in [0, 0.05) is 18.8 Å². The standard InChI is InChI=1S/C18H23NO3/c1-21-17-5-4-15(14-6-10-22-11-7-14)12-16(17)18(19-13-20)8-2-3-9-18/h4-5,12,14H,2-3,6-11H2,1H3. The molecule has 0 amide bonds. The van der Waals surface area contributed by atoms with Gasteiger partial charge in [-0.05, 0) is 49.3 Å². The fourth-order valence-corrected chi connectivity index (χ4v) is 3.86. The molecule has 1 saturated carbocycles. The molecule has 2 fully saturated rings. The van der Waals surface area contributed by atoms with E-state index in [9.17, 15) is 4.79 Å². The third kappa shape index (κ3) is 2.81. The van der Waals surface area contributed by atoms with E-state index in [1.165, 1.54) is 5.56 Å². The van der Waals surface area contributed by atoms with Crippen LogP contribution in [0, 0.1) is 0 Å². The molecule has 118 valence electrons. The summed E-state index contributed by atoms with van der Waals surface area (Å²) in [5.74, 6) is 1.36. The molecule has 3 rings (SSSR count). The van der Waals surface area contributed by atoms with Crippen molar-refractivity contribution in [3.63, 3.8) is 0 Å². The van der Waals surface area contributed by atoms with Gasteiger partial charge >= 0.3 is 0 Å². The van der Waals surface area contributed by atoms with Crippen molar-refractivity contribution in [3.8, 4) is 5.75 Å². The van der Waals surface area contributed by atoms with E-state index >= 15 is 0 Å². The molecule has 0 bridgehead atoms. The van der Waals surface area contributed by atoms with Crippen molar-refractivity contribution in [3.05, 3.63) is 29.3 Å². The van der Waals surface area contributed by atoms with E-state index in [0.717, 1.165) is 63.1 Å². The van der Waals surface area contributed by atoms with Gasteiger partial charge in [0.05, 0.1) is 7.11 Å². The van der Waals surface area contributed by atoms with Crippen LogP contribution in [0.15, 0.2) is 23.2 Å². The van der Waals surface area contributed by atoms with E-state index in [1.54, 1.807) is 13.2 Å². The highest BCUT2D eigenvalue weighted by atomic mass is 16.5. The van der Waals surface area contributed by atoms with E-state index in [-0.39, 0.29) is 0 Å². The highest BCUT2D eigenvalue weighted by Gasteiger charge is 2.38. The summed E-state index contributed by atoms with van der Waals surface area (Å²) in [5.41, 5.74) is 1.93. The first-order valence-corrected chi connectivity index (χ1v) is 8.14. The molecule has 1 aliphatic carbocycles. The molecular formula is C18H23NO3. The molecule has 2 aliphatic rings. The summed E-state index contributed by atoms with van der Waals surface area (Å²) in [4.78, 5) is 15.2. The van der Waals surface area contributed by atoms with Gasteiger partial charge in [0.2, 0.25) is 6.08 Å². The molecule has 22 heavy (non-hydrogen) atoms. The van der Waals surface area contributed by atoms with Gasteiger partial charge in [0.1, 0.15) is 11.3 Å². The number of hydrogen-bond donors (Lipinski definition) is 0. The smallest absolute Gasteiger partial charge is 0.235 e. The minimum atomic E-state index is -0.436. The molecular weight excluding hydrogens is 278 g/mol. The predicted octanol–water partition coefficient (Wildman–Crippen LogP) is 3.69. The normalized spacial score (nSPS) is 21.3. The van der Waals surface area contributed by atoms with E-state index < -0.39 is 5.54 Å². The minimum Gasteiger partial charge on any atom is -0.496 e. The monoisotopic (exact) mass is 301 g/mol. The first-order chi connectivity index (χ1) is 10.8. The van der Waals surface area contributed by atoms with Gasteiger partial charge in [-0.2, -0.15) is 4.99 Å². The third-order valence-electron chi connectivity index (χ3n) is 5.11. The van der Waals surface area contributed by atoms with Crippen molar-refractivity contribution >= 4 is 6.08 Å². The number of rotatable bonds is 4. The molecule has 0 radical (unpaired) electrons. The van der Waals surface area contributed by atoms with Crippen molar-refractivity contribution in [1.82, 2.24) is 0 Å². The summed E-state index contributed by atoms with van der Waals surface area (Å²) in [6, 6.07) is 6.38. The summed E-state index contributed by atoms with van der Waals surface area (Å²) >= 11 is 0. The highest BCUT2D eigenvalue weighted by molar-refractivity contribution is 5.47. The van der Waals surface area contributed by atoms with E-state index in [4.69, 9.17) is 9.47 Å². The second kappa shape index (κ2) is 6.64. The molecule has 1 aromatic carbocycles. The van der Waals surface area contributed by atoms with Crippen molar-refractivity contribution < 1.29 is 14.3 Å². The van der Waals surface area contributed by atoms with Gasteiger partial charge in [0.15, 0.2) is 0 Å². The molecule has 0 atom stereocenters. The number of benzene rings is 1. The molecule has 4 heteroatoms. The lowest BCUT2D eigenvalue weighted by Gasteiger charge is -2.28. The van der Waals surface area contributed by atoms with Gasteiger partial charge in [-0.1, -0.05) is 18.9 Å². The van der Waals surface area contributed by atoms with E-state index in [0.29, 0.717) is 5.92 Å². The number of hydrogen-bond acceptors (Lipinski definition) is 4. The second-order valence-corrected chi connectivity index (χ2v) is 6.29. The van der Waals surface area contributed by atoms with Crippen LogP contribution < -0.4 is 4.74 Å². The van der Waals surface area contributed by atoms with E-state index in [1.807, 2.05) is 6.07 Å². The predicted molar refractivity (Wildman–Crippen MR) is 84.1 cm³/mol. The first-order valence-electron chi connectivity index (χ1n) is 8.14. The van der Waals surface area contributed by atoms with Gasteiger partial charge in [-0.15, -0.1) is 0 Å². The molecule has 0 unspecified atom stereocenters. The molecule has 0 spiro atoms. The zero-order valence-electron chi connectivity index (χ0n) is 13.1. The maximum atomic E-state index is 11.0. The average Bonchev–Trinajstić information content (AvgIpc) is 3.05. The molecule has 1 saturated heterocycles. The zero-order valence-corrected chi connectivity index (χ0v) is 13.1. The lowest BCUT2D eigenvalue weighted by molar-refractivity contribution is 0.0853. The Hall–Kier alpha value is -1.64. The lowest BCUT2D eigenvalue weighted by Crippen LogP contribution is -2.21. The molecule has 1 aromatic rings. The largest absolute Gasteiger partial charge is 0.496 e.